The molecule has 2 N–H and O–H groups in total. The molecule has 6 nitrogen and oxygen atoms in total. The lowest BCUT2D eigenvalue weighted by atomic mass is 10.1. The van der Waals surface area contributed by atoms with Gasteiger partial charge in [0.05, 0.1) is 18.4 Å². The third-order valence-electron chi connectivity index (χ3n) is 3.89. The molecule has 0 saturated carbocycles. The van der Waals surface area contributed by atoms with Crippen molar-refractivity contribution in [2.45, 2.75) is 58.7 Å². The van der Waals surface area contributed by atoms with E-state index in [2.05, 4.69) is 10.2 Å². The molecule has 0 unspecified atom stereocenters. The van der Waals surface area contributed by atoms with Crippen molar-refractivity contribution in [2.75, 3.05) is 29.9 Å². The number of carbonyl (C=O) groups excluding carboxylic acids is 1. The standard InChI is InChI=1S/C19H30N2O4/c1-5-12-24-17-13-14(21-10-8-15(22)9-11-21)6-7-16(17)20-18(23)25-19(2,3)4/h6-7,13,15,22H,5,8-12H2,1-4H3,(H,20,23). The summed E-state index contributed by atoms with van der Waals surface area (Å²) < 4.78 is 11.1. The van der Waals surface area contributed by atoms with Crippen LogP contribution in [0.15, 0.2) is 18.2 Å². The number of nitrogens with zero attached hydrogens (tertiary/aromatic N) is 1. The molecule has 6 heteroatoms. The first-order valence-electron chi connectivity index (χ1n) is 8.98. The van der Waals surface area contributed by atoms with Gasteiger partial charge >= 0.3 is 6.09 Å². The van der Waals surface area contributed by atoms with Crippen LogP contribution in [0.25, 0.3) is 0 Å². The van der Waals surface area contributed by atoms with Gasteiger partial charge in [0.15, 0.2) is 0 Å². The van der Waals surface area contributed by atoms with Crippen molar-refractivity contribution in [1.29, 1.82) is 0 Å². The maximum atomic E-state index is 12.0. The predicted octanol–water partition coefficient (Wildman–Crippen LogP) is 3.78. The fourth-order valence-electron chi connectivity index (χ4n) is 2.68. The van der Waals surface area contributed by atoms with Gasteiger partial charge in [-0.05, 0) is 52.2 Å². The first-order valence-corrected chi connectivity index (χ1v) is 8.98. The molecule has 0 aliphatic carbocycles. The first-order chi connectivity index (χ1) is 11.8. The Kier molecular flexibility index (Phi) is 6.53. The van der Waals surface area contributed by atoms with Crippen LogP contribution in [0.2, 0.25) is 0 Å². The fourth-order valence-corrected chi connectivity index (χ4v) is 2.68. The topological polar surface area (TPSA) is 71.0 Å². The lowest BCUT2D eigenvalue weighted by Crippen LogP contribution is -2.35. The van der Waals surface area contributed by atoms with E-state index in [4.69, 9.17) is 9.47 Å². The van der Waals surface area contributed by atoms with Gasteiger partial charge in [0.1, 0.15) is 11.4 Å². The summed E-state index contributed by atoms with van der Waals surface area (Å²) in [6, 6.07) is 5.75. The largest absolute Gasteiger partial charge is 0.491 e. The summed E-state index contributed by atoms with van der Waals surface area (Å²) in [5, 5.41) is 12.4. The number of aliphatic hydroxyl groups is 1. The minimum absolute atomic E-state index is 0.208. The smallest absolute Gasteiger partial charge is 0.412 e. The molecule has 1 fully saturated rings. The van der Waals surface area contributed by atoms with E-state index >= 15 is 0 Å². The highest BCUT2D eigenvalue weighted by Crippen LogP contribution is 2.32. The molecule has 1 aromatic carbocycles. The van der Waals surface area contributed by atoms with Gasteiger partial charge in [-0.15, -0.1) is 0 Å². The van der Waals surface area contributed by atoms with Gasteiger partial charge in [0, 0.05) is 24.8 Å². The maximum Gasteiger partial charge on any atom is 0.412 e. The van der Waals surface area contributed by atoms with E-state index in [0.717, 1.165) is 38.0 Å². The molecular weight excluding hydrogens is 320 g/mol. The van der Waals surface area contributed by atoms with E-state index in [1.807, 2.05) is 45.9 Å². The summed E-state index contributed by atoms with van der Waals surface area (Å²) in [6.07, 6.45) is 1.71. The summed E-state index contributed by atoms with van der Waals surface area (Å²) >= 11 is 0. The molecule has 1 aromatic rings. The van der Waals surface area contributed by atoms with Crippen molar-refractivity contribution in [3.63, 3.8) is 0 Å². The lowest BCUT2D eigenvalue weighted by Gasteiger charge is -2.32. The van der Waals surface area contributed by atoms with Crippen molar-refractivity contribution >= 4 is 17.5 Å². The molecule has 1 saturated heterocycles. The van der Waals surface area contributed by atoms with E-state index in [9.17, 15) is 9.90 Å². The third-order valence-corrected chi connectivity index (χ3v) is 3.89. The zero-order valence-electron chi connectivity index (χ0n) is 15.7. The fraction of sp³-hybridized carbons (Fsp3) is 0.632. The first kappa shape index (κ1) is 19.4. The zero-order chi connectivity index (χ0) is 18.4. The summed E-state index contributed by atoms with van der Waals surface area (Å²) in [7, 11) is 0. The second-order valence-electron chi connectivity index (χ2n) is 7.37. The predicted molar refractivity (Wildman–Crippen MR) is 99.5 cm³/mol. The van der Waals surface area contributed by atoms with Crippen molar-refractivity contribution < 1.29 is 19.4 Å². The Labute approximate surface area is 150 Å². The lowest BCUT2D eigenvalue weighted by molar-refractivity contribution is 0.0635. The number of amides is 1. The molecule has 1 aliphatic heterocycles. The zero-order valence-corrected chi connectivity index (χ0v) is 15.7. The van der Waals surface area contributed by atoms with E-state index in [0.29, 0.717) is 18.0 Å². The van der Waals surface area contributed by atoms with Gasteiger partial charge in [-0.3, -0.25) is 5.32 Å². The number of benzene rings is 1. The summed E-state index contributed by atoms with van der Waals surface area (Å²) in [4.78, 5) is 14.3. The molecule has 0 atom stereocenters. The highest BCUT2D eigenvalue weighted by Gasteiger charge is 2.20. The van der Waals surface area contributed by atoms with Crippen LogP contribution in [0, 0.1) is 0 Å². The number of hydrogen-bond acceptors (Lipinski definition) is 5. The van der Waals surface area contributed by atoms with Crippen molar-refractivity contribution in [1.82, 2.24) is 0 Å². The molecular formula is C19H30N2O4. The quantitative estimate of drug-likeness (QED) is 0.845. The van der Waals surface area contributed by atoms with Crippen LogP contribution in [0.5, 0.6) is 5.75 Å². The average Bonchev–Trinajstić information content (AvgIpc) is 2.53. The normalized spacial score (nSPS) is 15.8. The Hall–Kier alpha value is -1.95. The maximum absolute atomic E-state index is 12.0. The molecule has 2 rings (SSSR count). The number of rotatable bonds is 5. The number of nitrogens with one attached hydrogen (secondary N) is 1. The van der Waals surface area contributed by atoms with Crippen LogP contribution in [-0.4, -0.2) is 42.6 Å². The average molecular weight is 350 g/mol. The molecule has 0 bridgehead atoms. The van der Waals surface area contributed by atoms with E-state index in [-0.39, 0.29) is 6.10 Å². The molecule has 0 spiro atoms. The van der Waals surface area contributed by atoms with Crippen LogP contribution in [-0.2, 0) is 4.74 Å². The van der Waals surface area contributed by atoms with Gasteiger partial charge in [-0.2, -0.15) is 0 Å². The Balaban J connectivity index is 2.14. The molecule has 1 heterocycles. The van der Waals surface area contributed by atoms with Gasteiger partial charge in [-0.1, -0.05) is 6.92 Å². The van der Waals surface area contributed by atoms with Crippen molar-refractivity contribution in [3.05, 3.63) is 18.2 Å². The van der Waals surface area contributed by atoms with Crippen LogP contribution in [0.4, 0.5) is 16.2 Å². The second kappa shape index (κ2) is 8.43. The number of carbonyl (C=O) groups is 1. The van der Waals surface area contributed by atoms with Crippen molar-refractivity contribution in [3.8, 4) is 5.75 Å². The highest BCUT2D eigenvalue weighted by molar-refractivity contribution is 5.87. The number of anilines is 2. The number of aliphatic hydroxyl groups excluding tert-OH is 1. The summed E-state index contributed by atoms with van der Waals surface area (Å²) in [5.74, 6) is 0.635. The van der Waals surface area contributed by atoms with Gasteiger partial charge in [0.2, 0.25) is 0 Å². The minimum Gasteiger partial charge on any atom is -0.491 e. The number of ether oxygens (including phenoxy) is 2. The SMILES string of the molecule is CCCOc1cc(N2CCC(O)CC2)ccc1NC(=O)OC(C)(C)C. The number of piperidine rings is 1. The van der Waals surface area contributed by atoms with E-state index in [1.54, 1.807) is 0 Å². The van der Waals surface area contributed by atoms with E-state index < -0.39 is 11.7 Å². The second-order valence-corrected chi connectivity index (χ2v) is 7.37. The Morgan fingerprint density at radius 3 is 2.60 bits per heavy atom. The monoisotopic (exact) mass is 350 g/mol. The Morgan fingerprint density at radius 2 is 2.00 bits per heavy atom. The van der Waals surface area contributed by atoms with Gasteiger partial charge < -0.3 is 19.5 Å². The van der Waals surface area contributed by atoms with Crippen LogP contribution >= 0.6 is 0 Å². The summed E-state index contributed by atoms with van der Waals surface area (Å²) in [5.41, 5.74) is 1.08. The Bertz CT molecular complexity index is 575. The molecule has 0 radical (unpaired) electrons. The molecule has 140 valence electrons. The number of hydrogen-bond donors (Lipinski definition) is 2. The molecule has 25 heavy (non-hydrogen) atoms. The summed E-state index contributed by atoms with van der Waals surface area (Å²) in [6.45, 7) is 9.72. The third kappa shape index (κ3) is 6.12. The van der Waals surface area contributed by atoms with Crippen LogP contribution in [0.3, 0.4) is 0 Å². The Morgan fingerprint density at radius 1 is 1.32 bits per heavy atom. The van der Waals surface area contributed by atoms with Gasteiger partial charge in [-0.25, -0.2) is 4.79 Å². The minimum atomic E-state index is -0.552. The van der Waals surface area contributed by atoms with Gasteiger partial charge in [0.25, 0.3) is 0 Å². The molecule has 1 amide bonds. The molecule has 1 aliphatic rings. The molecule has 0 aromatic heterocycles. The van der Waals surface area contributed by atoms with Crippen LogP contribution in [0.1, 0.15) is 47.0 Å². The van der Waals surface area contributed by atoms with Crippen molar-refractivity contribution in [2.24, 2.45) is 0 Å². The van der Waals surface area contributed by atoms with Crippen LogP contribution < -0.4 is 15.0 Å². The highest BCUT2D eigenvalue weighted by atomic mass is 16.6. The van der Waals surface area contributed by atoms with E-state index in [1.165, 1.54) is 0 Å².